The topological polar surface area (TPSA) is 17.3 Å². The number of para-hydroxylation sites is 1. The summed E-state index contributed by atoms with van der Waals surface area (Å²) < 4.78 is 3.73. The van der Waals surface area contributed by atoms with Gasteiger partial charge in [0.05, 0.1) is 22.4 Å². The third kappa shape index (κ3) is 5.34. The highest BCUT2D eigenvalue weighted by atomic mass is 32.1. The van der Waals surface area contributed by atoms with Gasteiger partial charge in [-0.15, -0.1) is 11.3 Å². The molecule has 0 fully saturated rings. The predicted octanol–water partition coefficient (Wildman–Crippen LogP) is 14.5. The minimum absolute atomic E-state index is 0.959. The molecule has 0 amide bonds. The number of aromatic nitrogens is 1. The predicted molar refractivity (Wildman–Crippen MR) is 237 cm³/mol. The van der Waals surface area contributed by atoms with Gasteiger partial charge in [-0.05, 0) is 100 Å². The van der Waals surface area contributed by atoms with E-state index in [0.717, 1.165) is 35.5 Å². The van der Waals surface area contributed by atoms with Gasteiger partial charge in [0.2, 0.25) is 0 Å². The SMILES string of the molecule is C/C1=C(/c2cccc(-n3c4ccccc4c4cc5ccccc5cc43)c2)C(c2ccccc2)=Nc2c(sc3cc(-c4ccc5ccccc5c4)ccc23)CC1. The maximum absolute atomic E-state index is 5.70. The van der Waals surface area contributed by atoms with E-state index in [1.807, 2.05) is 11.3 Å². The van der Waals surface area contributed by atoms with Gasteiger partial charge in [0.15, 0.2) is 0 Å². The first-order chi connectivity index (χ1) is 27.2. The number of fused-ring (bicyclic) bond motifs is 8. The summed E-state index contributed by atoms with van der Waals surface area (Å²) in [6.45, 7) is 2.31. The Kier molecular flexibility index (Phi) is 7.43. The van der Waals surface area contributed by atoms with E-state index in [0.29, 0.717) is 0 Å². The Morgan fingerprint density at radius 1 is 0.473 bits per heavy atom. The summed E-state index contributed by atoms with van der Waals surface area (Å²) in [6, 6.07) is 64.4. The molecule has 2 nitrogen and oxygen atoms in total. The molecular formula is C52H36N2S. The molecule has 260 valence electrons. The van der Waals surface area contributed by atoms with Crippen LogP contribution in [0.15, 0.2) is 186 Å². The molecule has 2 aromatic heterocycles. The molecule has 0 radical (unpaired) electrons. The maximum atomic E-state index is 5.70. The van der Waals surface area contributed by atoms with Crippen molar-refractivity contribution in [2.75, 3.05) is 0 Å². The fourth-order valence-corrected chi connectivity index (χ4v) is 9.87. The van der Waals surface area contributed by atoms with Gasteiger partial charge in [0, 0.05) is 42.6 Å². The van der Waals surface area contributed by atoms with Crippen molar-refractivity contribution in [2.24, 2.45) is 4.99 Å². The van der Waals surface area contributed by atoms with E-state index < -0.39 is 0 Å². The molecule has 0 saturated carbocycles. The van der Waals surface area contributed by atoms with Crippen molar-refractivity contribution in [1.29, 1.82) is 0 Å². The summed E-state index contributed by atoms with van der Waals surface area (Å²) in [7, 11) is 0. The van der Waals surface area contributed by atoms with Crippen LogP contribution in [0.2, 0.25) is 0 Å². The highest BCUT2D eigenvalue weighted by Gasteiger charge is 2.23. The molecule has 3 heterocycles. The molecule has 3 heteroatoms. The van der Waals surface area contributed by atoms with E-state index in [-0.39, 0.29) is 0 Å². The second-order valence-corrected chi connectivity index (χ2v) is 15.9. The van der Waals surface area contributed by atoms with E-state index in [9.17, 15) is 0 Å². The standard InChI is InChI=1S/C52H36N2S/c1-33-22-27-48-52(44-26-25-40(32-49(44)55-48)39-24-23-34-12-5-6-15-36(34)28-39)53-51(35-13-3-2-4-14-35)50(33)41-18-11-19-42(29-41)54-46-21-10-9-20-43(46)45-30-37-16-7-8-17-38(37)31-47(45)54/h2-21,23-26,28-32H,22,27H2,1H3/b50-33+,53-51?. The molecule has 10 aromatic rings. The van der Waals surface area contributed by atoms with Crippen LogP contribution in [0.5, 0.6) is 0 Å². The fourth-order valence-electron chi connectivity index (χ4n) is 8.69. The van der Waals surface area contributed by atoms with Gasteiger partial charge in [-0.25, -0.2) is 4.99 Å². The van der Waals surface area contributed by atoms with Crippen LogP contribution in [0.1, 0.15) is 29.3 Å². The van der Waals surface area contributed by atoms with Gasteiger partial charge < -0.3 is 4.57 Å². The molecule has 0 bridgehead atoms. The first kappa shape index (κ1) is 31.9. The van der Waals surface area contributed by atoms with Crippen molar-refractivity contribution in [3.63, 3.8) is 0 Å². The van der Waals surface area contributed by atoms with Crippen molar-refractivity contribution in [3.8, 4) is 16.8 Å². The van der Waals surface area contributed by atoms with Gasteiger partial charge >= 0.3 is 0 Å². The molecule has 0 unspecified atom stereocenters. The Balaban J connectivity index is 1.08. The van der Waals surface area contributed by atoms with E-state index in [4.69, 9.17) is 4.99 Å². The van der Waals surface area contributed by atoms with E-state index in [2.05, 4.69) is 187 Å². The summed E-state index contributed by atoms with van der Waals surface area (Å²) in [5.74, 6) is 0. The Morgan fingerprint density at radius 2 is 1.16 bits per heavy atom. The Hall–Kier alpha value is -6.55. The lowest BCUT2D eigenvalue weighted by Gasteiger charge is -2.20. The zero-order chi connectivity index (χ0) is 36.5. The van der Waals surface area contributed by atoms with E-state index >= 15 is 0 Å². The van der Waals surface area contributed by atoms with Crippen LogP contribution in [0.25, 0.3) is 75.8 Å². The molecule has 11 rings (SSSR count). The average Bonchev–Trinajstić information content (AvgIpc) is 3.74. The lowest BCUT2D eigenvalue weighted by molar-refractivity contribution is 0.961. The maximum Gasteiger partial charge on any atom is 0.0855 e. The van der Waals surface area contributed by atoms with Crippen LogP contribution < -0.4 is 0 Å². The van der Waals surface area contributed by atoms with Crippen LogP contribution in [-0.2, 0) is 6.42 Å². The fraction of sp³-hybridized carbons (Fsp3) is 0.0577. The van der Waals surface area contributed by atoms with Crippen molar-refractivity contribution < 1.29 is 0 Å². The summed E-state index contributed by atoms with van der Waals surface area (Å²) in [5.41, 5.74) is 13.1. The summed E-state index contributed by atoms with van der Waals surface area (Å²) in [6.07, 6.45) is 1.92. The molecule has 0 aliphatic carbocycles. The third-order valence-electron chi connectivity index (χ3n) is 11.4. The molecule has 0 N–H and O–H groups in total. The average molecular weight is 721 g/mol. The summed E-state index contributed by atoms with van der Waals surface area (Å²) in [5, 5.41) is 8.80. The van der Waals surface area contributed by atoms with Crippen molar-refractivity contribution in [1.82, 2.24) is 4.57 Å². The Labute approximate surface area is 324 Å². The quantitative estimate of drug-likeness (QED) is 0.172. The zero-order valence-electron chi connectivity index (χ0n) is 30.5. The van der Waals surface area contributed by atoms with Crippen LogP contribution in [0.4, 0.5) is 5.69 Å². The second-order valence-electron chi connectivity index (χ2n) is 14.7. The van der Waals surface area contributed by atoms with Crippen LogP contribution in [0.3, 0.4) is 0 Å². The van der Waals surface area contributed by atoms with Gasteiger partial charge in [0.25, 0.3) is 0 Å². The van der Waals surface area contributed by atoms with Crippen LogP contribution >= 0.6 is 11.3 Å². The number of nitrogens with zero attached hydrogens (tertiary/aromatic N) is 2. The summed E-state index contributed by atoms with van der Waals surface area (Å²) >= 11 is 1.90. The normalized spacial score (nSPS) is 14.7. The van der Waals surface area contributed by atoms with Crippen molar-refractivity contribution in [2.45, 2.75) is 19.8 Å². The number of thiophene rings is 1. The highest BCUT2D eigenvalue weighted by Crippen LogP contribution is 2.44. The van der Waals surface area contributed by atoms with Gasteiger partial charge in [-0.3, -0.25) is 0 Å². The Morgan fingerprint density at radius 3 is 2.02 bits per heavy atom. The number of hydrogen-bond acceptors (Lipinski definition) is 2. The second kappa shape index (κ2) is 12.8. The third-order valence-corrected chi connectivity index (χ3v) is 12.6. The number of benzene rings is 8. The van der Waals surface area contributed by atoms with Gasteiger partial charge in [0.1, 0.15) is 0 Å². The zero-order valence-corrected chi connectivity index (χ0v) is 31.3. The molecule has 1 aliphatic heterocycles. The minimum atomic E-state index is 0.959. The van der Waals surface area contributed by atoms with Gasteiger partial charge in [-0.1, -0.05) is 139 Å². The Bertz CT molecular complexity index is 3210. The minimum Gasteiger partial charge on any atom is -0.309 e. The number of aliphatic imine (C=N–C) groups is 1. The lowest BCUT2D eigenvalue weighted by Crippen LogP contribution is -2.09. The van der Waals surface area contributed by atoms with E-state index in [1.54, 1.807) is 0 Å². The molecule has 8 aromatic carbocycles. The molecule has 0 spiro atoms. The largest absolute Gasteiger partial charge is 0.309 e. The number of allylic oxidation sites excluding steroid dienone is 2. The first-order valence-corrected chi connectivity index (χ1v) is 19.9. The first-order valence-electron chi connectivity index (χ1n) is 19.1. The monoisotopic (exact) mass is 720 g/mol. The molecule has 1 aliphatic rings. The number of rotatable bonds is 4. The highest BCUT2D eigenvalue weighted by molar-refractivity contribution is 7.19. The summed E-state index contributed by atoms with van der Waals surface area (Å²) in [4.78, 5) is 7.05. The van der Waals surface area contributed by atoms with Crippen molar-refractivity contribution in [3.05, 3.63) is 198 Å². The van der Waals surface area contributed by atoms with Gasteiger partial charge in [-0.2, -0.15) is 0 Å². The molecule has 0 atom stereocenters. The van der Waals surface area contributed by atoms with Crippen LogP contribution in [0, 0.1) is 0 Å². The van der Waals surface area contributed by atoms with E-state index in [1.165, 1.54) is 86.2 Å². The number of aryl methyl sites for hydroxylation is 1. The smallest absolute Gasteiger partial charge is 0.0855 e. The number of hydrogen-bond donors (Lipinski definition) is 0. The molecular weight excluding hydrogens is 685 g/mol. The molecule has 0 saturated heterocycles. The molecule has 55 heavy (non-hydrogen) atoms. The van der Waals surface area contributed by atoms with Crippen LogP contribution in [-0.4, -0.2) is 10.3 Å². The van der Waals surface area contributed by atoms with Crippen molar-refractivity contribution >= 4 is 81.7 Å². The lowest BCUT2D eigenvalue weighted by atomic mass is 9.88.